The predicted molar refractivity (Wildman–Crippen MR) is 105 cm³/mol. The number of carbonyl (C=O) groups excluding carboxylic acids is 1. The minimum absolute atomic E-state index is 0.118. The molecule has 0 radical (unpaired) electrons. The highest BCUT2D eigenvalue weighted by Crippen LogP contribution is 2.48. The van der Waals surface area contributed by atoms with Gasteiger partial charge >= 0.3 is 0 Å². The smallest absolute Gasteiger partial charge is 0.248 e. The molecular weight excluding hydrogens is 356 g/mol. The van der Waals surface area contributed by atoms with E-state index in [2.05, 4.69) is 0 Å². The molecule has 0 saturated heterocycles. The molecule has 3 aromatic rings. The summed E-state index contributed by atoms with van der Waals surface area (Å²) in [7, 11) is 3.35. The summed E-state index contributed by atoms with van der Waals surface area (Å²) in [5.41, 5.74) is 7.40. The molecule has 1 aliphatic rings. The summed E-state index contributed by atoms with van der Waals surface area (Å²) in [6.07, 6.45) is 2.02. The average molecular weight is 378 g/mol. The molecule has 7 heteroatoms. The van der Waals surface area contributed by atoms with E-state index in [1.807, 2.05) is 41.1 Å². The molecule has 7 nitrogen and oxygen atoms in total. The fourth-order valence-corrected chi connectivity index (χ4v) is 3.32. The van der Waals surface area contributed by atoms with Gasteiger partial charge in [0.25, 0.3) is 0 Å². The Balaban J connectivity index is 1.78. The van der Waals surface area contributed by atoms with Crippen LogP contribution in [0.2, 0.25) is 0 Å². The van der Waals surface area contributed by atoms with Crippen LogP contribution >= 0.6 is 0 Å². The first-order chi connectivity index (χ1) is 13.6. The van der Waals surface area contributed by atoms with Crippen molar-refractivity contribution in [1.29, 1.82) is 0 Å². The van der Waals surface area contributed by atoms with Crippen molar-refractivity contribution >= 4 is 5.91 Å². The lowest BCUT2D eigenvalue weighted by Crippen LogP contribution is -2.20. The standard InChI is InChI=1S/C21H22N4O3/c1-27-13-21(11-12-21)20-23-19(15-5-3-14(4-6-15)18(22)26)24-25(20)16-7-9-17(28-2)10-8-16/h3-10H,11-13H2,1-2H3,(H2,22,26). The van der Waals surface area contributed by atoms with Crippen LogP contribution in [-0.2, 0) is 10.2 Å². The predicted octanol–water partition coefficient (Wildman–Crippen LogP) is 2.72. The monoisotopic (exact) mass is 378 g/mol. The zero-order chi connectivity index (χ0) is 19.7. The summed E-state index contributed by atoms with van der Waals surface area (Å²) in [5, 5.41) is 4.76. The number of methoxy groups -OCH3 is 2. The van der Waals surface area contributed by atoms with Gasteiger partial charge in [-0.15, -0.1) is 5.10 Å². The third-order valence-corrected chi connectivity index (χ3v) is 5.10. The largest absolute Gasteiger partial charge is 0.497 e. The number of amides is 1. The van der Waals surface area contributed by atoms with E-state index in [0.717, 1.165) is 35.7 Å². The van der Waals surface area contributed by atoms with Crippen molar-refractivity contribution < 1.29 is 14.3 Å². The van der Waals surface area contributed by atoms with E-state index >= 15 is 0 Å². The average Bonchev–Trinajstić information content (AvgIpc) is 3.36. The van der Waals surface area contributed by atoms with Crippen LogP contribution in [0, 0.1) is 0 Å². The van der Waals surface area contributed by atoms with Gasteiger partial charge in [-0.05, 0) is 49.2 Å². The van der Waals surface area contributed by atoms with Gasteiger partial charge < -0.3 is 15.2 Å². The summed E-state index contributed by atoms with van der Waals surface area (Å²) in [4.78, 5) is 16.2. The van der Waals surface area contributed by atoms with Crippen LogP contribution in [0.4, 0.5) is 0 Å². The lowest BCUT2D eigenvalue weighted by Gasteiger charge is -2.14. The molecule has 1 saturated carbocycles. The zero-order valence-corrected chi connectivity index (χ0v) is 15.9. The maximum Gasteiger partial charge on any atom is 0.248 e. The Bertz CT molecular complexity index is 989. The first-order valence-corrected chi connectivity index (χ1v) is 9.07. The number of ether oxygens (including phenoxy) is 2. The summed E-state index contributed by atoms with van der Waals surface area (Å²) in [5.74, 6) is 1.81. The third kappa shape index (κ3) is 3.25. The Hall–Kier alpha value is -3.19. The van der Waals surface area contributed by atoms with E-state index in [-0.39, 0.29) is 5.41 Å². The highest BCUT2D eigenvalue weighted by Gasteiger charge is 2.49. The van der Waals surface area contributed by atoms with Crippen LogP contribution in [0.5, 0.6) is 5.75 Å². The van der Waals surface area contributed by atoms with Gasteiger partial charge in [0.15, 0.2) is 5.82 Å². The molecule has 2 aromatic carbocycles. The fourth-order valence-electron chi connectivity index (χ4n) is 3.32. The SMILES string of the molecule is COCC1(c2nc(-c3ccc(C(N)=O)cc3)nn2-c2ccc(OC)cc2)CC1. The summed E-state index contributed by atoms with van der Waals surface area (Å²) >= 11 is 0. The molecule has 1 amide bonds. The molecule has 0 aliphatic heterocycles. The van der Waals surface area contributed by atoms with Crippen molar-refractivity contribution in [1.82, 2.24) is 14.8 Å². The van der Waals surface area contributed by atoms with Crippen LogP contribution in [0.1, 0.15) is 29.0 Å². The van der Waals surface area contributed by atoms with Crippen molar-refractivity contribution in [2.45, 2.75) is 18.3 Å². The highest BCUT2D eigenvalue weighted by molar-refractivity contribution is 5.93. The number of carbonyl (C=O) groups is 1. The summed E-state index contributed by atoms with van der Waals surface area (Å²) < 4.78 is 12.6. The van der Waals surface area contributed by atoms with Gasteiger partial charge in [0.2, 0.25) is 5.91 Å². The number of nitrogens with zero attached hydrogens (tertiary/aromatic N) is 3. The number of benzene rings is 2. The third-order valence-electron chi connectivity index (χ3n) is 5.10. The molecule has 4 rings (SSSR count). The Labute approximate surface area is 163 Å². The second kappa shape index (κ2) is 7.09. The maximum atomic E-state index is 11.3. The van der Waals surface area contributed by atoms with Crippen LogP contribution < -0.4 is 10.5 Å². The van der Waals surface area contributed by atoms with Gasteiger partial charge in [0.1, 0.15) is 11.6 Å². The van der Waals surface area contributed by atoms with Crippen LogP contribution in [0.3, 0.4) is 0 Å². The molecule has 1 heterocycles. The van der Waals surface area contributed by atoms with Crippen LogP contribution in [0.25, 0.3) is 17.1 Å². The second-order valence-corrected chi connectivity index (χ2v) is 7.02. The summed E-state index contributed by atoms with van der Waals surface area (Å²) in [6.45, 7) is 0.599. The van der Waals surface area contributed by atoms with Crippen molar-refractivity contribution in [3.8, 4) is 22.8 Å². The van der Waals surface area contributed by atoms with Gasteiger partial charge in [-0.3, -0.25) is 4.79 Å². The van der Waals surface area contributed by atoms with Gasteiger partial charge in [-0.2, -0.15) is 0 Å². The molecule has 0 unspecified atom stereocenters. The highest BCUT2D eigenvalue weighted by atomic mass is 16.5. The molecule has 1 aromatic heterocycles. The minimum Gasteiger partial charge on any atom is -0.497 e. The summed E-state index contributed by atoms with van der Waals surface area (Å²) in [6, 6.07) is 14.7. The Kier molecular flexibility index (Phi) is 4.60. The number of rotatable bonds is 7. The van der Waals surface area contributed by atoms with Gasteiger partial charge in [-0.25, -0.2) is 9.67 Å². The van der Waals surface area contributed by atoms with Gasteiger partial charge in [-0.1, -0.05) is 12.1 Å². The molecule has 0 bridgehead atoms. The Morgan fingerprint density at radius 1 is 1.11 bits per heavy atom. The first-order valence-electron chi connectivity index (χ1n) is 9.07. The number of nitrogens with two attached hydrogens (primary N) is 1. The Morgan fingerprint density at radius 2 is 1.79 bits per heavy atom. The molecule has 144 valence electrons. The number of hydrogen-bond donors (Lipinski definition) is 1. The quantitative estimate of drug-likeness (QED) is 0.682. The zero-order valence-electron chi connectivity index (χ0n) is 15.9. The van der Waals surface area contributed by atoms with E-state index in [9.17, 15) is 4.79 Å². The lowest BCUT2D eigenvalue weighted by atomic mass is 10.1. The van der Waals surface area contributed by atoms with Crippen molar-refractivity contribution in [3.05, 3.63) is 59.9 Å². The lowest BCUT2D eigenvalue weighted by molar-refractivity contribution is 0.100. The van der Waals surface area contributed by atoms with E-state index in [0.29, 0.717) is 18.0 Å². The molecular formula is C21H22N4O3. The van der Waals surface area contributed by atoms with Crippen molar-refractivity contribution in [2.75, 3.05) is 20.8 Å². The first kappa shape index (κ1) is 18.2. The molecule has 1 aliphatic carbocycles. The molecule has 0 spiro atoms. The minimum atomic E-state index is -0.457. The number of primary amides is 1. The van der Waals surface area contributed by atoms with Crippen LogP contribution in [-0.4, -0.2) is 41.5 Å². The van der Waals surface area contributed by atoms with E-state index in [4.69, 9.17) is 25.3 Å². The van der Waals surface area contributed by atoms with Crippen LogP contribution in [0.15, 0.2) is 48.5 Å². The molecule has 2 N–H and O–H groups in total. The number of aromatic nitrogens is 3. The van der Waals surface area contributed by atoms with Gasteiger partial charge in [0.05, 0.1) is 24.8 Å². The van der Waals surface area contributed by atoms with Crippen molar-refractivity contribution in [2.24, 2.45) is 5.73 Å². The maximum absolute atomic E-state index is 11.3. The Morgan fingerprint density at radius 3 is 2.32 bits per heavy atom. The second-order valence-electron chi connectivity index (χ2n) is 7.02. The van der Waals surface area contributed by atoms with E-state index in [1.54, 1.807) is 26.4 Å². The van der Waals surface area contributed by atoms with E-state index in [1.165, 1.54) is 0 Å². The normalized spacial score (nSPS) is 14.6. The molecule has 1 fully saturated rings. The molecule has 28 heavy (non-hydrogen) atoms. The van der Waals surface area contributed by atoms with E-state index < -0.39 is 5.91 Å². The fraction of sp³-hybridized carbons (Fsp3) is 0.286. The number of hydrogen-bond acceptors (Lipinski definition) is 5. The molecule has 0 atom stereocenters. The van der Waals surface area contributed by atoms with Gasteiger partial charge in [0, 0.05) is 18.2 Å². The topological polar surface area (TPSA) is 92.3 Å². The van der Waals surface area contributed by atoms with Crippen molar-refractivity contribution in [3.63, 3.8) is 0 Å².